The Balaban J connectivity index is 1.54. The van der Waals surface area contributed by atoms with Crippen LogP contribution in [0.4, 0.5) is 4.79 Å². The number of amides is 3. The first-order chi connectivity index (χ1) is 15.1. The normalized spacial score (nSPS) is 19.1. The van der Waals surface area contributed by atoms with E-state index in [1.165, 1.54) is 23.3 Å². The number of hydrogen-bond donors (Lipinski definition) is 1. The molecule has 0 radical (unpaired) electrons. The van der Waals surface area contributed by atoms with Crippen molar-refractivity contribution in [2.45, 2.75) is 82.5 Å². The highest BCUT2D eigenvalue weighted by Gasteiger charge is 2.43. The second-order valence-electron chi connectivity index (χ2n) is 10.3. The summed E-state index contributed by atoms with van der Waals surface area (Å²) in [6.45, 7) is 10.5. The monoisotopic (exact) mass is 455 g/mol. The number of nitrogens with one attached hydrogen (secondary N) is 1. The van der Waals surface area contributed by atoms with Crippen LogP contribution < -0.4 is 5.32 Å². The lowest BCUT2D eigenvalue weighted by atomic mass is 9.86. The van der Waals surface area contributed by atoms with Crippen molar-refractivity contribution in [3.63, 3.8) is 0 Å². The van der Waals surface area contributed by atoms with Crippen LogP contribution in [-0.2, 0) is 10.2 Å². The summed E-state index contributed by atoms with van der Waals surface area (Å²) in [5, 5.41) is 12.7. The van der Waals surface area contributed by atoms with E-state index in [9.17, 15) is 9.59 Å². The van der Waals surface area contributed by atoms with Gasteiger partial charge >= 0.3 is 6.03 Å². The highest BCUT2D eigenvalue weighted by atomic mass is 32.2. The second kappa shape index (κ2) is 8.54. The van der Waals surface area contributed by atoms with Crippen molar-refractivity contribution in [1.29, 1.82) is 0 Å². The van der Waals surface area contributed by atoms with E-state index in [-0.39, 0.29) is 17.4 Å². The topological polar surface area (TPSA) is 80.1 Å². The van der Waals surface area contributed by atoms with Crippen molar-refractivity contribution in [1.82, 2.24) is 25.0 Å². The predicted octanol–water partition coefficient (Wildman–Crippen LogP) is 4.78. The molecule has 2 fully saturated rings. The summed E-state index contributed by atoms with van der Waals surface area (Å²) in [5.41, 5.74) is 1.63. The van der Waals surface area contributed by atoms with Crippen LogP contribution in [0, 0.1) is 0 Å². The first kappa shape index (κ1) is 22.8. The van der Waals surface area contributed by atoms with E-state index in [1.54, 1.807) is 25.6 Å². The van der Waals surface area contributed by atoms with Crippen LogP contribution in [0.25, 0.3) is 11.4 Å². The lowest BCUT2D eigenvalue weighted by Crippen LogP contribution is -2.40. The van der Waals surface area contributed by atoms with Crippen LogP contribution in [0.3, 0.4) is 0 Å². The third-order valence-electron chi connectivity index (χ3n) is 6.35. The Bertz CT molecular complexity index is 1000. The summed E-state index contributed by atoms with van der Waals surface area (Å²) in [6.07, 6.45) is 4.68. The van der Waals surface area contributed by atoms with Gasteiger partial charge in [-0.2, -0.15) is 0 Å². The molecule has 4 rings (SSSR count). The maximum atomic E-state index is 12.4. The number of aromatic nitrogens is 3. The number of hydrogen-bond acceptors (Lipinski definition) is 5. The molecule has 32 heavy (non-hydrogen) atoms. The van der Waals surface area contributed by atoms with E-state index < -0.39 is 5.54 Å². The van der Waals surface area contributed by atoms with Gasteiger partial charge in [-0.1, -0.05) is 69.6 Å². The van der Waals surface area contributed by atoms with E-state index in [1.807, 2.05) is 0 Å². The molecule has 0 unspecified atom stereocenters. The summed E-state index contributed by atoms with van der Waals surface area (Å²) in [7, 11) is 0. The number of thioether (sulfide) groups is 1. The summed E-state index contributed by atoms with van der Waals surface area (Å²) in [6, 6.07) is 8.70. The minimum atomic E-state index is -0.835. The lowest BCUT2D eigenvalue weighted by Gasteiger charge is -2.20. The van der Waals surface area contributed by atoms with Gasteiger partial charge in [0.15, 0.2) is 11.0 Å². The zero-order valence-electron chi connectivity index (χ0n) is 19.6. The predicted molar refractivity (Wildman–Crippen MR) is 127 cm³/mol. The van der Waals surface area contributed by atoms with Crippen LogP contribution in [0.5, 0.6) is 0 Å². The molecule has 1 aliphatic carbocycles. The molecule has 1 saturated carbocycles. The van der Waals surface area contributed by atoms with E-state index >= 15 is 0 Å². The maximum absolute atomic E-state index is 12.4. The molecule has 0 bridgehead atoms. The Hall–Kier alpha value is -2.35. The van der Waals surface area contributed by atoms with E-state index in [4.69, 9.17) is 0 Å². The van der Waals surface area contributed by atoms with Crippen LogP contribution in [0.15, 0.2) is 29.4 Å². The molecule has 7 nitrogen and oxygen atoms in total. The summed E-state index contributed by atoms with van der Waals surface area (Å²) < 4.78 is 2.28. The Labute approximate surface area is 194 Å². The minimum absolute atomic E-state index is 0.104. The summed E-state index contributed by atoms with van der Waals surface area (Å²) in [4.78, 5) is 25.9. The average molecular weight is 456 g/mol. The van der Waals surface area contributed by atoms with Crippen molar-refractivity contribution < 1.29 is 9.59 Å². The van der Waals surface area contributed by atoms with Gasteiger partial charge in [-0.3, -0.25) is 14.3 Å². The molecule has 1 N–H and O–H groups in total. The zero-order chi connectivity index (χ0) is 23.1. The van der Waals surface area contributed by atoms with Crippen molar-refractivity contribution in [2.75, 3.05) is 12.3 Å². The molecular formula is C24H33N5O2S. The molecule has 0 spiro atoms. The van der Waals surface area contributed by atoms with Crippen molar-refractivity contribution in [2.24, 2.45) is 0 Å². The molecule has 0 atom stereocenters. The Morgan fingerprint density at radius 2 is 1.75 bits per heavy atom. The third-order valence-corrected chi connectivity index (χ3v) is 7.28. The SMILES string of the molecule is CC1(C)NC(=O)N(CCSc2nnc(-c3ccc(C(C)(C)C)cc3)n2C2CCCC2)C1=O. The Morgan fingerprint density at radius 1 is 1.09 bits per heavy atom. The van der Waals surface area contributed by atoms with Crippen LogP contribution >= 0.6 is 11.8 Å². The van der Waals surface area contributed by atoms with Gasteiger partial charge in [-0.15, -0.1) is 10.2 Å². The number of carbonyl (C=O) groups is 2. The number of rotatable bonds is 6. The highest BCUT2D eigenvalue weighted by Crippen LogP contribution is 2.37. The average Bonchev–Trinajstić information content (AvgIpc) is 3.42. The Kier molecular flexibility index (Phi) is 6.09. The molecule has 3 amide bonds. The van der Waals surface area contributed by atoms with E-state index in [0.717, 1.165) is 29.4 Å². The number of urea groups is 1. The van der Waals surface area contributed by atoms with Gasteiger partial charge in [0.2, 0.25) is 0 Å². The molecule has 2 aliphatic rings. The number of imide groups is 1. The van der Waals surface area contributed by atoms with Gasteiger partial charge in [0.25, 0.3) is 5.91 Å². The van der Waals surface area contributed by atoms with Crippen molar-refractivity contribution in [3.05, 3.63) is 29.8 Å². The van der Waals surface area contributed by atoms with Gasteiger partial charge in [0.1, 0.15) is 5.54 Å². The number of benzene rings is 1. The van der Waals surface area contributed by atoms with Gasteiger partial charge < -0.3 is 5.32 Å². The molecule has 8 heteroatoms. The van der Waals surface area contributed by atoms with Crippen LogP contribution in [-0.4, -0.2) is 49.4 Å². The first-order valence-corrected chi connectivity index (χ1v) is 12.4. The van der Waals surface area contributed by atoms with Crippen molar-refractivity contribution in [3.8, 4) is 11.4 Å². The zero-order valence-corrected chi connectivity index (χ0v) is 20.5. The smallest absolute Gasteiger partial charge is 0.324 e. The summed E-state index contributed by atoms with van der Waals surface area (Å²) in [5.74, 6) is 1.30. The fourth-order valence-electron chi connectivity index (χ4n) is 4.43. The fourth-order valence-corrected chi connectivity index (χ4v) is 5.36. The van der Waals surface area contributed by atoms with Gasteiger partial charge in [-0.05, 0) is 37.7 Å². The summed E-state index contributed by atoms with van der Waals surface area (Å²) >= 11 is 1.56. The van der Waals surface area contributed by atoms with Crippen LogP contribution in [0.1, 0.15) is 71.9 Å². The number of carbonyl (C=O) groups excluding carboxylic acids is 2. The van der Waals surface area contributed by atoms with E-state index in [0.29, 0.717) is 18.3 Å². The van der Waals surface area contributed by atoms with Crippen LogP contribution in [0.2, 0.25) is 0 Å². The molecule has 172 valence electrons. The first-order valence-electron chi connectivity index (χ1n) is 11.4. The number of nitrogens with zero attached hydrogens (tertiary/aromatic N) is 4. The quantitative estimate of drug-likeness (QED) is 0.501. The van der Waals surface area contributed by atoms with Gasteiger partial charge in [-0.25, -0.2) is 4.79 Å². The molecule has 1 aliphatic heterocycles. The lowest BCUT2D eigenvalue weighted by molar-refractivity contribution is -0.130. The van der Waals surface area contributed by atoms with E-state index in [2.05, 4.69) is 65.1 Å². The van der Waals surface area contributed by atoms with Gasteiger partial charge in [0, 0.05) is 23.9 Å². The minimum Gasteiger partial charge on any atom is -0.324 e. The van der Waals surface area contributed by atoms with Crippen molar-refractivity contribution >= 4 is 23.7 Å². The molecule has 2 aromatic rings. The Morgan fingerprint density at radius 3 is 2.31 bits per heavy atom. The standard InChI is InChI=1S/C24H33N5O2S/c1-23(2,3)17-12-10-16(11-13-17)19-26-27-22(29(19)18-8-6-7-9-18)32-15-14-28-20(30)24(4,5)25-21(28)31/h10-13,18H,6-9,14-15H2,1-5H3,(H,25,31). The van der Waals surface area contributed by atoms with Gasteiger partial charge in [0.05, 0.1) is 0 Å². The molecule has 1 aromatic heterocycles. The molecule has 1 aromatic carbocycles. The highest BCUT2D eigenvalue weighted by molar-refractivity contribution is 7.99. The molecular weight excluding hydrogens is 422 g/mol. The second-order valence-corrected chi connectivity index (χ2v) is 11.4. The molecule has 1 saturated heterocycles. The molecule has 2 heterocycles. The fraction of sp³-hybridized carbons (Fsp3) is 0.583. The largest absolute Gasteiger partial charge is 0.325 e. The third kappa shape index (κ3) is 4.42. The maximum Gasteiger partial charge on any atom is 0.325 e.